The van der Waals surface area contributed by atoms with E-state index in [9.17, 15) is 5.11 Å². The number of aliphatic hydroxyl groups excluding tert-OH is 1. The first kappa shape index (κ1) is 13.6. The fourth-order valence-corrected chi connectivity index (χ4v) is 1.78. The highest BCUT2D eigenvalue weighted by molar-refractivity contribution is 6.34. The highest BCUT2D eigenvalue weighted by Crippen LogP contribution is 2.23. The summed E-state index contributed by atoms with van der Waals surface area (Å²) in [6.45, 7) is 2.21. The van der Waals surface area contributed by atoms with Crippen LogP contribution in [0.1, 0.15) is 12.5 Å². The molecule has 4 N–H and O–H groups in total. The highest BCUT2D eigenvalue weighted by atomic mass is 35.5. The molecule has 94 valence electrons. The number of likely N-dealkylation sites (N-methyl/N-ethyl adjacent to an activating group) is 1. The van der Waals surface area contributed by atoms with Crippen molar-refractivity contribution in [2.24, 2.45) is 10.9 Å². The second kappa shape index (κ2) is 5.75. The van der Waals surface area contributed by atoms with Crippen LogP contribution in [0.15, 0.2) is 23.4 Å². The average Bonchev–Trinajstić information content (AvgIpc) is 2.27. The molecule has 0 spiro atoms. The van der Waals surface area contributed by atoms with Crippen LogP contribution >= 0.6 is 11.6 Å². The Morgan fingerprint density at radius 1 is 1.59 bits per heavy atom. The number of nitrogens with two attached hydrogens (primary N) is 1. The number of amidine groups is 1. The van der Waals surface area contributed by atoms with E-state index in [1.54, 1.807) is 25.1 Å². The van der Waals surface area contributed by atoms with Gasteiger partial charge >= 0.3 is 0 Å². The van der Waals surface area contributed by atoms with Gasteiger partial charge in [-0.05, 0) is 25.1 Å². The van der Waals surface area contributed by atoms with E-state index in [0.717, 1.165) is 5.69 Å². The fraction of sp³-hybridized carbons (Fsp3) is 0.364. The van der Waals surface area contributed by atoms with Crippen LogP contribution in [0, 0.1) is 0 Å². The van der Waals surface area contributed by atoms with E-state index in [-0.39, 0.29) is 5.84 Å². The Labute approximate surface area is 105 Å². The van der Waals surface area contributed by atoms with Crippen molar-refractivity contribution < 1.29 is 10.3 Å². The zero-order valence-electron chi connectivity index (χ0n) is 9.76. The summed E-state index contributed by atoms with van der Waals surface area (Å²) in [7, 11) is 1.85. The van der Waals surface area contributed by atoms with Gasteiger partial charge in [0.1, 0.15) is 0 Å². The third-order valence-electron chi connectivity index (χ3n) is 2.32. The Balaban J connectivity index is 2.96. The molecule has 0 aromatic heterocycles. The Morgan fingerprint density at radius 2 is 2.24 bits per heavy atom. The smallest absolute Gasteiger partial charge is 0.171 e. The normalized spacial score (nSPS) is 13.5. The number of hydrogen-bond donors (Lipinski definition) is 3. The number of rotatable bonds is 4. The van der Waals surface area contributed by atoms with Gasteiger partial charge in [-0.15, -0.1) is 0 Å². The van der Waals surface area contributed by atoms with Gasteiger partial charge in [0.05, 0.1) is 11.1 Å². The molecule has 0 fully saturated rings. The number of nitrogens with zero attached hydrogens (tertiary/aromatic N) is 2. The summed E-state index contributed by atoms with van der Waals surface area (Å²) < 4.78 is 0. The van der Waals surface area contributed by atoms with Crippen molar-refractivity contribution in [1.82, 2.24) is 0 Å². The van der Waals surface area contributed by atoms with Crippen LogP contribution in [-0.4, -0.2) is 35.8 Å². The van der Waals surface area contributed by atoms with Crippen LogP contribution in [0.3, 0.4) is 0 Å². The molecule has 1 atom stereocenters. The molecule has 0 aliphatic rings. The lowest BCUT2D eigenvalue weighted by molar-refractivity contribution is 0.201. The van der Waals surface area contributed by atoms with E-state index in [0.29, 0.717) is 17.1 Å². The van der Waals surface area contributed by atoms with Gasteiger partial charge in [-0.2, -0.15) is 0 Å². The number of hydrogen-bond acceptors (Lipinski definition) is 4. The summed E-state index contributed by atoms with van der Waals surface area (Å²) in [5, 5.41) is 21.2. The molecule has 0 bridgehead atoms. The SMILES string of the molecule is CC(O)CN(C)c1ccc(/C(N)=N/O)c(Cl)c1. The molecule has 0 heterocycles. The third kappa shape index (κ3) is 3.51. The van der Waals surface area contributed by atoms with Crippen LogP contribution in [0.5, 0.6) is 0 Å². The number of halogens is 1. The van der Waals surface area contributed by atoms with E-state index in [1.165, 1.54) is 0 Å². The van der Waals surface area contributed by atoms with E-state index >= 15 is 0 Å². The van der Waals surface area contributed by atoms with E-state index < -0.39 is 6.10 Å². The first-order valence-electron chi connectivity index (χ1n) is 5.12. The van der Waals surface area contributed by atoms with Crippen molar-refractivity contribution in [3.8, 4) is 0 Å². The predicted octanol–water partition coefficient (Wildman–Crippen LogP) is 1.25. The zero-order valence-corrected chi connectivity index (χ0v) is 10.5. The van der Waals surface area contributed by atoms with Crippen molar-refractivity contribution in [2.45, 2.75) is 13.0 Å². The average molecular weight is 258 g/mol. The summed E-state index contributed by atoms with van der Waals surface area (Å²) in [5.41, 5.74) is 6.79. The molecule has 0 aliphatic heterocycles. The number of oxime groups is 1. The predicted molar refractivity (Wildman–Crippen MR) is 68.9 cm³/mol. The van der Waals surface area contributed by atoms with Crippen molar-refractivity contribution >= 4 is 23.1 Å². The minimum Gasteiger partial charge on any atom is -0.409 e. The Kier molecular flexibility index (Phi) is 4.60. The summed E-state index contributed by atoms with van der Waals surface area (Å²) in [6, 6.07) is 5.17. The Morgan fingerprint density at radius 3 is 2.71 bits per heavy atom. The Hall–Kier alpha value is -1.46. The molecule has 0 amide bonds. The van der Waals surface area contributed by atoms with E-state index in [2.05, 4.69) is 5.16 Å². The lowest BCUT2D eigenvalue weighted by atomic mass is 10.1. The highest BCUT2D eigenvalue weighted by Gasteiger charge is 2.09. The van der Waals surface area contributed by atoms with Crippen molar-refractivity contribution in [3.05, 3.63) is 28.8 Å². The third-order valence-corrected chi connectivity index (χ3v) is 2.63. The van der Waals surface area contributed by atoms with Gasteiger partial charge in [0, 0.05) is 24.8 Å². The minimum atomic E-state index is -0.428. The van der Waals surface area contributed by atoms with Crippen LogP contribution in [0.2, 0.25) is 5.02 Å². The molecular weight excluding hydrogens is 242 g/mol. The van der Waals surface area contributed by atoms with Gasteiger partial charge < -0.3 is 20.9 Å². The fourth-order valence-electron chi connectivity index (χ4n) is 1.50. The van der Waals surface area contributed by atoms with Crippen LogP contribution in [-0.2, 0) is 0 Å². The number of anilines is 1. The summed E-state index contributed by atoms with van der Waals surface area (Å²) in [5.74, 6) is -0.0280. The largest absolute Gasteiger partial charge is 0.409 e. The molecule has 0 saturated heterocycles. The Bertz CT molecular complexity index is 421. The molecule has 1 rings (SSSR count). The van der Waals surface area contributed by atoms with E-state index in [4.69, 9.17) is 22.5 Å². The van der Waals surface area contributed by atoms with Gasteiger partial charge in [-0.3, -0.25) is 0 Å². The maximum absolute atomic E-state index is 9.29. The molecule has 17 heavy (non-hydrogen) atoms. The van der Waals surface area contributed by atoms with Crippen molar-refractivity contribution in [2.75, 3.05) is 18.5 Å². The summed E-state index contributed by atoms with van der Waals surface area (Å²) >= 11 is 6.02. The molecule has 1 aromatic carbocycles. The molecule has 1 unspecified atom stereocenters. The van der Waals surface area contributed by atoms with Gasteiger partial charge in [0.25, 0.3) is 0 Å². The summed E-state index contributed by atoms with van der Waals surface area (Å²) in [6.07, 6.45) is -0.428. The molecule has 0 saturated carbocycles. The van der Waals surface area contributed by atoms with Crippen LogP contribution in [0.4, 0.5) is 5.69 Å². The lowest BCUT2D eigenvalue weighted by Gasteiger charge is -2.21. The maximum Gasteiger partial charge on any atom is 0.171 e. The second-order valence-electron chi connectivity index (χ2n) is 3.88. The molecule has 5 nitrogen and oxygen atoms in total. The molecule has 6 heteroatoms. The standard InChI is InChI=1S/C11H16ClN3O2/c1-7(16)6-15(2)8-3-4-9(10(12)5-8)11(13)14-17/h3-5,7,16-17H,6H2,1-2H3,(H2,13,14). The first-order valence-corrected chi connectivity index (χ1v) is 5.50. The topological polar surface area (TPSA) is 82.1 Å². The lowest BCUT2D eigenvalue weighted by Crippen LogP contribution is -2.27. The molecule has 0 radical (unpaired) electrons. The minimum absolute atomic E-state index is 0.0280. The quantitative estimate of drug-likeness (QED) is 0.328. The van der Waals surface area contributed by atoms with Gasteiger partial charge in [0.2, 0.25) is 0 Å². The van der Waals surface area contributed by atoms with Gasteiger partial charge in [0.15, 0.2) is 5.84 Å². The molecule has 0 aliphatic carbocycles. The number of aliphatic hydroxyl groups is 1. The van der Waals surface area contributed by atoms with Crippen LogP contribution in [0.25, 0.3) is 0 Å². The molecule has 1 aromatic rings. The van der Waals surface area contributed by atoms with Crippen molar-refractivity contribution in [3.63, 3.8) is 0 Å². The first-order chi connectivity index (χ1) is 7.95. The zero-order chi connectivity index (χ0) is 13.0. The van der Waals surface area contributed by atoms with Gasteiger partial charge in [-0.25, -0.2) is 0 Å². The molecular formula is C11H16ClN3O2. The van der Waals surface area contributed by atoms with Crippen molar-refractivity contribution in [1.29, 1.82) is 0 Å². The van der Waals surface area contributed by atoms with Crippen LogP contribution < -0.4 is 10.6 Å². The maximum atomic E-state index is 9.29. The van der Waals surface area contributed by atoms with E-state index in [1.807, 2.05) is 11.9 Å². The monoisotopic (exact) mass is 257 g/mol. The summed E-state index contributed by atoms with van der Waals surface area (Å²) in [4.78, 5) is 1.87. The second-order valence-corrected chi connectivity index (χ2v) is 4.29. The van der Waals surface area contributed by atoms with Gasteiger partial charge in [-0.1, -0.05) is 16.8 Å². The number of benzene rings is 1.